The van der Waals surface area contributed by atoms with E-state index in [0.717, 1.165) is 27.3 Å². The van der Waals surface area contributed by atoms with Crippen LogP contribution < -0.4 is 26.6 Å². The molecule has 0 aromatic heterocycles. The summed E-state index contributed by atoms with van der Waals surface area (Å²) in [5.41, 5.74) is 10.4. The van der Waals surface area contributed by atoms with Crippen molar-refractivity contribution in [1.82, 2.24) is 10.6 Å². The Balaban J connectivity index is 1.23. The van der Waals surface area contributed by atoms with E-state index in [1.165, 1.54) is 7.11 Å². The second-order valence-corrected chi connectivity index (χ2v) is 11.4. The number of rotatable bonds is 11. The number of para-hydroxylation sites is 2. The van der Waals surface area contributed by atoms with E-state index in [0.29, 0.717) is 38.2 Å². The van der Waals surface area contributed by atoms with Gasteiger partial charge in [-0.15, -0.1) is 0 Å². The van der Waals surface area contributed by atoms with Crippen molar-refractivity contribution in [2.75, 3.05) is 37.0 Å². The molecule has 1 heterocycles. The summed E-state index contributed by atoms with van der Waals surface area (Å²) in [6.45, 7) is 1.44. The van der Waals surface area contributed by atoms with Crippen molar-refractivity contribution in [1.29, 1.82) is 0 Å². The first-order valence-corrected chi connectivity index (χ1v) is 15.7. The molecule has 4 amide bonds. The van der Waals surface area contributed by atoms with Crippen LogP contribution >= 0.6 is 0 Å². The van der Waals surface area contributed by atoms with Gasteiger partial charge in [0.15, 0.2) is 0 Å². The van der Waals surface area contributed by atoms with E-state index < -0.39 is 24.0 Å². The molecule has 1 saturated heterocycles. The minimum absolute atomic E-state index is 0.0313. The summed E-state index contributed by atoms with van der Waals surface area (Å²) in [5.74, 6) is -1.05. The lowest BCUT2D eigenvalue weighted by Crippen LogP contribution is -2.52. The first-order chi connectivity index (χ1) is 22.9. The number of amides is 4. The van der Waals surface area contributed by atoms with Crippen LogP contribution in [-0.2, 0) is 20.7 Å². The van der Waals surface area contributed by atoms with Crippen LogP contribution in [0, 0.1) is 0 Å². The van der Waals surface area contributed by atoms with E-state index in [2.05, 4.69) is 16.0 Å². The zero-order chi connectivity index (χ0) is 33.0. The molecule has 0 aliphatic carbocycles. The van der Waals surface area contributed by atoms with Crippen LogP contribution in [-0.4, -0.2) is 63.0 Å². The average molecular weight is 636 g/mol. The van der Waals surface area contributed by atoms with Gasteiger partial charge in [0.2, 0.25) is 0 Å². The number of nitrogens with two attached hydrogens (primary N) is 1. The van der Waals surface area contributed by atoms with E-state index in [1.54, 1.807) is 12.1 Å². The highest BCUT2D eigenvalue weighted by molar-refractivity contribution is 6.15. The van der Waals surface area contributed by atoms with Crippen LogP contribution in [0.3, 0.4) is 0 Å². The molecule has 1 aliphatic heterocycles. The number of hydrogen-bond acceptors (Lipinski definition) is 7. The number of anilines is 2. The van der Waals surface area contributed by atoms with Crippen LogP contribution in [0.1, 0.15) is 29.0 Å². The maximum Gasteiger partial charge on any atom is 0.420 e. The standard InChI is InChI=1S/C37H41N5O5/c1-46-37(45)42(35(43)34(38)33(27-14-5-2-6-15-27)28-16-7-3-8-17-28)32-20-12-11-13-26(32)21-22-31-24-39-30(25-47-31)23-40-36(44)41-29-18-9-4-10-19-29/h2-20,30-31,33-34,39H,21-25,38H2,1H3,(H2,40,41,44)/t30-,31-,34+/m1/s1. The monoisotopic (exact) mass is 635 g/mol. The van der Waals surface area contributed by atoms with Gasteiger partial charge >= 0.3 is 12.1 Å². The molecule has 3 atom stereocenters. The molecule has 0 spiro atoms. The smallest absolute Gasteiger partial charge is 0.420 e. The summed E-state index contributed by atoms with van der Waals surface area (Å²) in [5, 5.41) is 9.12. The number of imide groups is 1. The molecule has 0 unspecified atom stereocenters. The average Bonchev–Trinajstić information content (AvgIpc) is 3.12. The van der Waals surface area contributed by atoms with Crippen LogP contribution in [0.2, 0.25) is 0 Å². The van der Waals surface area contributed by atoms with E-state index in [1.807, 2.05) is 103 Å². The third kappa shape index (κ3) is 8.82. The van der Waals surface area contributed by atoms with Gasteiger partial charge in [0, 0.05) is 30.7 Å². The number of morpholine rings is 1. The first-order valence-electron chi connectivity index (χ1n) is 15.7. The molecule has 4 aromatic rings. The van der Waals surface area contributed by atoms with Gasteiger partial charge in [0.05, 0.1) is 31.5 Å². The topological polar surface area (TPSA) is 135 Å². The lowest BCUT2D eigenvalue weighted by atomic mass is 9.84. The Morgan fingerprint density at radius 2 is 1.49 bits per heavy atom. The Morgan fingerprint density at radius 3 is 2.09 bits per heavy atom. The summed E-state index contributed by atoms with van der Waals surface area (Å²) in [4.78, 5) is 40.7. The molecule has 47 heavy (non-hydrogen) atoms. The van der Waals surface area contributed by atoms with Crippen molar-refractivity contribution >= 4 is 29.4 Å². The normalized spacial score (nSPS) is 16.6. The van der Waals surface area contributed by atoms with E-state index >= 15 is 0 Å². The number of methoxy groups -OCH3 is 1. The number of carbonyl (C=O) groups is 3. The molecule has 5 N–H and O–H groups in total. The second kappa shape index (κ2) is 16.5. The fourth-order valence-corrected chi connectivity index (χ4v) is 5.77. The Morgan fingerprint density at radius 1 is 0.894 bits per heavy atom. The predicted molar refractivity (Wildman–Crippen MR) is 182 cm³/mol. The Hall–Kier alpha value is -5.03. The molecule has 0 bridgehead atoms. The lowest BCUT2D eigenvalue weighted by Gasteiger charge is -2.31. The van der Waals surface area contributed by atoms with Crippen LogP contribution in [0.15, 0.2) is 115 Å². The molecule has 1 aliphatic rings. The molecule has 0 saturated carbocycles. The van der Waals surface area contributed by atoms with Crippen molar-refractivity contribution in [3.8, 4) is 0 Å². The third-order valence-corrected chi connectivity index (χ3v) is 8.22. The Kier molecular flexibility index (Phi) is 11.7. The third-order valence-electron chi connectivity index (χ3n) is 8.22. The maximum absolute atomic E-state index is 14.2. The van der Waals surface area contributed by atoms with E-state index in [-0.39, 0.29) is 18.2 Å². The van der Waals surface area contributed by atoms with E-state index in [4.69, 9.17) is 15.2 Å². The summed E-state index contributed by atoms with van der Waals surface area (Å²) in [7, 11) is 1.25. The van der Waals surface area contributed by atoms with Gasteiger partial charge in [0.1, 0.15) is 0 Å². The molecule has 10 nitrogen and oxygen atoms in total. The predicted octanol–water partition coefficient (Wildman–Crippen LogP) is 5.06. The summed E-state index contributed by atoms with van der Waals surface area (Å²) in [6, 6.07) is 34.3. The number of ether oxygens (including phenoxy) is 2. The molecule has 1 fully saturated rings. The van der Waals surface area contributed by atoms with Crippen LogP contribution in [0.4, 0.5) is 21.0 Å². The van der Waals surface area contributed by atoms with Gasteiger partial charge < -0.3 is 31.2 Å². The number of urea groups is 1. The quantitative estimate of drug-likeness (QED) is 0.181. The fraction of sp³-hybridized carbons (Fsp3) is 0.270. The highest BCUT2D eigenvalue weighted by atomic mass is 16.5. The number of benzene rings is 4. The van der Waals surface area contributed by atoms with Crippen molar-refractivity contribution in [3.05, 3.63) is 132 Å². The number of hydrogen-bond donors (Lipinski definition) is 4. The molecule has 5 rings (SSSR count). The van der Waals surface area contributed by atoms with Gasteiger partial charge in [0.25, 0.3) is 5.91 Å². The number of carbonyl (C=O) groups excluding carboxylic acids is 3. The zero-order valence-electron chi connectivity index (χ0n) is 26.4. The molecule has 10 heteroatoms. The first kappa shape index (κ1) is 33.3. The SMILES string of the molecule is COC(=O)N(C(=O)[C@@H](N)C(c1ccccc1)c1ccccc1)c1ccccc1CC[C@@H]1CN[C@H](CNC(=O)Nc2ccccc2)CO1. The van der Waals surface area contributed by atoms with Gasteiger partial charge in [-0.1, -0.05) is 97.1 Å². The number of nitrogens with zero attached hydrogens (tertiary/aromatic N) is 1. The van der Waals surface area contributed by atoms with Crippen molar-refractivity contribution < 1.29 is 23.9 Å². The fourth-order valence-electron chi connectivity index (χ4n) is 5.77. The molecular formula is C37H41N5O5. The largest absolute Gasteiger partial charge is 0.452 e. The van der Waals surface area contributed by atoms with Crippen LogP contribution in [0.5, 0.6) is 0 Å². The Labute approximate surface area is 275 Å². The maximum atomic E-state index is 14.2. The Bertz CT molecular complexity index is 1560. The van der Waals surface area contributed by atoms with Crippen LogP contribution in [0.25, 0.3) is 0 Å². The highest BCUT2D eigenvalue weighted by Gasteiger charge is 2.36. The van der Waals surface area contributed by atoms with Gasteiger partial charge in [-0.05, 0) is 47.7 Å². The highest BCUT2D eigenvalue weighted by Crippen LogP contribution is 2.31. The zero-order valence-corrected chi connectivity index (χ0v) is 26.4. The van der Waals surface area contributed by atoms with Gasteiger partial charge in [-0.25, -0.2) is 14.5 Å². The summed E-state index contributed by atoms with van der Waals surface area (Å²) in [6.07, 6.45) is 0.286. The molecule has 0 radical (unpaired) electrons. The summed E-state index contributed by atoms with van der Waals surface area (Å²) >= 11 is 0. The minimum Gasteiger partial charge on any atom is -0.452 e. The summed E-state index contributed by atoms with van der Waals surface area (Å²) < 4.78 is 11.2. The number of aryl methyl sites for hydroxylation is 1. The van der Waals surface area contributed by atoms with Gasteiger partial charge in [-0.2, -0.15) is 0 Å². The molecular weight excluding hydrogens is 594 g/mol. The van der Waals surface area contributed by atoms with E-state index in [9.17, 15) is 14.4 Å². The van der Waals surface area contributed by atoms with Gasteiger partial charge in [-0.3, -0.25) is 4.79 Å². The minimum atomic E-state index is -1.07. The number of nitrogens with one attached hydrogen (secondary N) is 3. The van der Waals surface area contributed by atoms with Crippen molar-refractivity contribution in [2.24, 2.45) is 5.73 Å². The molecule has 4 aromatic carbocycles. The second-order valence-electron chi connectivity index (χ2n) is 11.4. The van der Waals surface area contributed by atoms with Crippen molar-refractivity contribution in [2.45, 2.75) is 36.9 Å². The lowest BCUT2D eigenvalue weighted by molar-refractivity contribution is -0.119. The molecule has 244 valence electrons. The van der Waals surface area contributed by atoms with Crippen molar-refractivity contribution in [3.63, 3.8) is 0 Å².